The highest BCUT2D eigenvalue weighted by molar-refractivity contribution is 7.27. The molecule has 234 valence electrons. The average Bonchev–Trinajstić information content (AvgIpc) is 3.58. The molecule has 1 nitrogen and oxygen atoms in total. The predicted octanol–water partition coefficient (Wildman–Crippen LogP) is 14.3. The maximum atomic E-state index is 2.39. The third-order valence-electron chi connectivity index (χ3n) is 10.0. The Hall–Kier alpha value is -6.22. The van der Waals surface area contributed by atoms with Crippen molar-refractivity contribution in [3.63, 3.8) is 0 Å². The lowest BCUT2D eigenvalue weighted by Gasteiger charge is -2.27. The van der Waals surface area contributed by atoms with E-state index in [0.717, 1.165) is 17.1 Å². The van der Waals surface area contributed by atoms with E-state index in [4.69, 9.17) is 0 Å². The number of thiophene rings is 1. The Morgan fingerprint density at radius 2 is 0.880 bits per heavy atom. The van der Waals surface area contributed by atoms with Crippen LogP contribution in [0.15, 0.2) is 188 Å². The normalized spacial score (nSPS) is 11.6. The molecule has 0 spiro atoms. The highest BCUT2D eigenvalue weighted by Crippen LogP contribution is 2.44. The van der Waals surface area contributed by atoms with E-state index in [1.165, 1.54) is 74.7 Å². The van der Waals surface area contributed by atoms with Crippen LogP contribution in [0.4, 0.5) is 17.1 Å². The van der Waals surface area contributed by atoms with Gasteiger partial charge in [-0.1, -0.05) is 152 Å². The van der Waals surface area contributed by atoms with Gasteiger partial charge in [0.1, 0.15) is 0 Å². The lowest BCUT2D eigenvalue weighted by molar-refractivity contribution is 1.29. The molecule has 0 amide bonds. The van der Waals surface area contributed by atoms with Gasteiger partial charge in [-0.2, -0.15) is 0 Å². The van der Waals surface area contributed by atoms with Gasteiger partial charge in [0.25, 0.3) is 0 Å². The molecule has 0 aliphatic heterocycles. The molecule has 0 aliphatic carbocycles. The van der Waals surface area contributed by atoms with E-state index in [1.54, 1.807) is 0 Å². The number of hydrogen-bond acceptors (Lipinski definition) is 2. The van der Waals surface area contributed by atoms with Gasteiger partial charge in [0.05, 0.1) is 0 Å². The standard InChI is InChI=1S/C48H31NS/c1-2-10-32(11-3-1)37-14-8-15-39(30-37)49(40-28-24-36-21-20-33-12-4-6-16-41(33)46(36)31-40)38-26-22-35(23-27-38)43-18-9-19-44-45-29-25-34-13-5-7-17-42(34)48(45)50-47(43)44/h1-31H. The number of anilines is 3. The predicted molar refractivity (Wildman–Crippen MR) is 217 cm³/mol. The van der Waals surface area contributed by atoms with Gasteiger partial charge in [0.2, 0.25) is 0 Å². The minimum Gasteiger partial charge on any atom is -0.310 e. The highest BCUT2D eigenvalue weighted by Gasteiger charge is 2.17. The summed E-state index contributed by atoms with van der Waals surface area (Å²) in [6.45, 7) is 0. The van der Waals surface area contributed by atoms with Crippen LogP contribution >= 0.6 is 11.3 Å². The Kier molecular flexibility index (Phi) is 6.75. The van der Waals surface area contributed by atoms with Crippen LogP contribution < -0.4 is 4.90 Å². The Bertz CT molecular complexity index is 2870. The lowest BCUT2D eigenvalue weighted by atomic mass is 9.99. The first-order valence-electron chi connectivity index (χ1n) is 17.1. The molecule has 0 N–H and O–H groups in total. The van der Waals surface area contributed by atoms with Crippen LogP contribution in [0.25, 0.3) is 74.7 Å². The summed E-state index contributed by atoms with van der Waals surface area (Å²) < 4.78 is 2.69. The van der Waals surface area contributed by atoms with Gasteiger partial charge < -0.3 is 4.90 Å². The molecule has 0 saturated carbocycles. The molecule has 9 aromatic carbocycles. The first-order chi connectivity index (χ1) is 24.8. The molecule has 2 heteroatoms. The molecular formula is C48H31NS. The van der Waals surface area contributed by atoms with Crippen LogP contribution in [-0.4, -0.2) is 0 Å². The van der Waals surface area contributed by atoms with Gasteiger partial charge in [-0.05, 0) is 91.0 Å². The van der Waals surface area contributed by atoms with Crippen LogP contribution in [0.5, 0.6) is 0 Å². The summed E-state index contributed by atoms with van der Waals surface area (Å²) in [7, 11) is 0. The molecule has 1 aromatic heterocycles. The van der Waals surface area contributed by atoms with Crippen molar-refractivity contribution in [1.82, 2.24) is 0 Å². The molecular weight excluding hydrogens is 623 g/mol. The number of benzene rings is 9. The van der Waals surface area contributed by atoms with Crippen LogP contribution in [0, 0.1) is 0 Å². The summed E-state index contributed by atoms with van der Waals surface area (Å²) in [5.74, 6) is 0. The third-order valence-corrected chi connectivity index (χ3v) is 11.3. The van der Waals surface area contributed by atoms with Crippen molar-refractivity contribution >= 4 is 80.9 Å². The van der Waals surface area contributed by atoms with E-state index in [-0.39, 0.29) is 0 Å². The summed E-state index contributed by atoms with van der Waals surface area (Å²) in [4.78, 5) is 2.39. The fourth-order valence-electron chi connectivity index (χ4n) is 7.58. The second kappa shape index (κ2) is 11.7. The minimum atomic E-state index is 1.12. The first-order valence-corrected chi connectivity index (χ1v) is 17.9. The van der Waals surface area contributed by atoms with Crippen molar-refractivity contribution in [2.75, 3.05) is 4.90 Å². The molecule has 10 rings (SSSR count). The van der Waals surface area contributed by atoms with E-state index in [9.17, 15) is 0 Å². The second-order valence-corrected chi connectivity index (χ2v) is 14.0. The van der Waals surface area contributed by atoms with Crippen LogP contribution in [-0.2, 0) is 0 Å². The molecule has 0 fully saturated rings. The molecule has 0 unspecified atom stereocenters. The van der Waals surface area contributed by atoms with E-state index in [0.29, 0.717) is 0 Å². The average molecular weight is 654 g/mol. The van der Waals surface area contributed by atoms with Gasteiger partial charge in [-0.25, -0.2) is 0 Å². The summed E-state index contributed by atoms with van der Waals surface area (Å²) in [5.41, 5.74) is 8.26. The second-order valence-electron chi connectivity index (χ2n) is 12.9. The molecule has 0 saturated heterocycles. The van der Waals surface area contributed by atoms with Gasteiger partial charge in [-0.15, -0.1) is 11.3 Å². The van der Waals surface area contributed by atoms with Crippen LogP contribution in [0.3, 0.4) is 0 Å². The van der Waals surface area contributed by atoms with Crippen molar-refractivity contribution in [1.29, 1.82) is 0 Å². The van der Waals surface area contributed by atoms with E-state index in [2.05, 4.69) is 193 Å². The zero-order valence-corrected chi connectivity index (χ0v) is 28.1. The van der Waals surface area contributed by atoms with E-state index >= 15 is 0 Å². The first kappa shape index (κ1) is 28.8. The summed E-state index contributed by atoms with van der Waals surface area (Å²) in [6.07, 6.45) is 0. The maximum absolute atomic E-state index is 2.39. The third kappa shape index (κ3) is 4.76. The number of nitrogens with zero attached hydrogens (tertiary/aromatic N) is 1. The summed E-state index contributed by atoms with van der Waals surface area (Å²) >= 11 is 1.91. The van der Waals surface area contributed by atoms with Crippen molar-refractivity contribution in [3.8, 4) is 22.3 Å². The monoisotopic (exact) mass is 653 g/mol. The minimum absolute atomic E-state index is 1.12. The van der Waals surface area contributed by atoms with Gasteiger partial charge in [-0.3, -0.25) is 0 Å². The Morgan fingerprint density at radius 3 is 1.72 bits per heavy atom. The zero-order valence-electron chi connectivity index (χ0n) is 27.3. The number of hydrogen-bond donors (Lipinski definition) is 0. The summed E-state index contributed by atoms with van der Waals surface area (Å²) in [5, 5.41) is 10.3. The topological polar surface area (TPSA) is 3.24 Å². The van der Waals surface area contributed by atoms with Crippen LogP contribution in [0.1, 0.15) is 0 Å². The van der Waals surface area contributed by atoms with Crippen LogP contribution in [0.2, 0.25) is 0 Å². The Balaban J connectivity index is 1.13. The summed E-state index contributed by atoms with van der Waals surface area (Å²) in [6, 6.07) is 68.6. The van der Waals surface area contributed by atoms with Gasteiger partial charge >= 0.3 is 0 Å². The molecule has 0 aliphatic rings. The molecule has 0 radical (unpaired) electrons. The molecule has 10 aromatic rings. The van der Waals surface area contributed by atoms with E-state index < -0.39 is 0 Å². The smallest absolute Gasteiger partial charge is 0.0468 e. The van der Waals surface area contributed by atoms with Crippen molar-refractivity contribution < 1.29 is 0 Å². The quantitative estimate of drug-likeness (QED) is 0.167. The maximum Gasteiger partial charge on any atom is 0.0468 e. The SMILES string of the molecule is c1ccc(-c2cccc(N(c3ccc(-c4cccc5c4sc4c6ccccc6ccc54)cc3)c3ccc4ccc5ccccc5c4c3)c2)cc1. The van der Waals surface area contributed by atoms with Gasteiger partial charge in [0.15, 0.2) is 0 Å². The fourth-order valence-corrected chi connectivity index (χ4v) is 8.95. The largest absolute Gasteiger partial charge is 0.310 e. The lowest BCUT2D eigenvalue weighted by Crippen LogP contribution is -2.10. The number of fused-ring (bicyclic) bond motifs is 8. The number of rotatable bonds is 5. The highest BCUT2D eigenvalue weighted by atomic mass is 32.1. The van der Waals surface area contributed by atoms with Crippen molar-refractivity contribution in [2.45, 2.75) is 0 Å². The Morgan fingerprint density at radius 1 is 0.300 bits per heavy atom. The van der Waals surface area contributed by atoms with Crippen molar-refractivity contribution in [3.05, 3.63) is 188 Å². The van der Waals surface area contributed by atoms with Gasteiger partial charge in [0, 0.05) is 37.2 Å². The molecule has 0 bridgehead atoms. The Labute approximate surface area is 294 Å². The van der Waals surface area contributed by atoms with Crippen molar-refractivity contribution in [2.24, 2.45) is 0 Å². The zero-order chi connectivity index (χ0) is 33.0. The molecule has 0 atom stereocenters. The fraction of sp³-hybridized carbons (Fsp3) is 0. The molecule has 1 heterocycles. The van der Waals surface area contributed by atoms with E-state index in [1.807, 2.05) is 11.3 Å². The molecule has 50 heavy (non-hydrogen) atoms.